The Bertz CT molecular complexity index is 399. The van der Waals surface area contributed by atoms with Crippen molar-refractivity contribution in [2.75, 3.05) is 0 Å². The van der Waals surface area contributed by atoms with Crippen LogP contribution in [0.2, 0.25) is 10.3 Å². The van der Waals surface area contributed by atoms with E-state index in [2.05, 4.69) is 0 Å². The molecule has 0 aromatic rings. The van der Waals surface area contributed by atoms with E-state index in [0.29, 0.717) is 0 Å². The summed E-state index contributed by atoms with van der Waals surface area (Å²) in [4.78, 5) is 0. The van der Waals surface area contributed by atoms with Crippen molar-refractivity contribution in [1.82, 2.24) is 0 Å². The minimum atomic E-state index is -1.44. The second-order valence-corrected chi connectivity index (χ2v) is 21.9. The summed E-state index contributed by atoms with van der Waals surface area (Å²) in [5.74, 6) is 3.59. The van der Waals surface area contributed by atoms with Crippen LogP contribution in [-0.4, -0.2) is 19.8 Å². The molecule has 22 heavy (non-hydrogen) atoms. The molecule has 0 aromatic carbocycles. The van der Waals surface area contributed by atoms with Gasteiger partial charge in [-0.15, -0.1) is 0 Å². The van der Waals surface area contributed by atoms with Crippen LogP contribution in [0, 0.1) is 17.8 Å². The van der Waals surface area contributed by atoms with Crippen LogP contribution in [0.4, 0.5) is 0 Å². The van der Waals surface area contributed by atoms with Gasteiger partial charge in [0.2, 0.25) is 0 Å². The zero-order valence-corrected chi connectivity index (χ0v) is 17.2. The van der Waals surface area contributed by atoms with Crippen molar-refractivity contribution in [3.05, 3.63) is 0 Å². The minimum absolute atomic E-state index is 1.03. The van der Waals surface area contributed by atoms with Crippen LogP contribution in [0.5, 0.6) is 0 Å². The van der Waals surface area contributed by atoms with E-state index >= 15 is 0 Å². The topological polar surface area (TPSA) is 0 Å². The molecule has 6 fully saturated rings. The Morgan fingerprint density at radius 1 is 0.455 bits per heavy atom. The third kappa shape index (κ3) is 1.67. The van der Waals surface area contributed by atoms with Crippen LogP contribution in [0.3, 0.4) is 0 Å². The van der Waals surface area contributed by atoms with Crippen LogP contribution in [0.25, 0.3) is 0 Å². The van der Waals surface area contributed by atoms with Gasteiger partial charge in [0.05, 0.1) is 0 Å². The predicted octanol–water partition coefficient (Wildman–Crippen LogP) is 6.48. The van der Waals surface area contributed by atoms with Crippen molar-refractivity contribution in [3.8, 4) is 0 Å². The van der Waals surface area contributed by atoms with Gasteiger partial charge >= 0.3 is 144 Å². The molecule has 121 valence electrons. The van der Waals surface area contributed by atoms with E-state index in [1.807, 2.05) is 0 Å². The van der Waals surface area contributed by atoms with Crippen LogP contribution < -0.4 is 0 Å². The van der Waals surface area contributed by atoms with Crippen molar-refractivity contribution in [2.24, 2.45) is 17.8 Å². The molecule has 6 aliphatic carbocycles. The monoisotopic (exact) mass is 405 g/mol. The first-order valence-corrected chi connectivity index (χ1v) is 14.9. The van der Waals surface area contributed by atoms with Crippen LogP contribution in [0.1, 0.15) is 96.3 Å². The summed E-state index contributed by atoms with van der Waals surface area (Å²) < 4.78 is 3.10. The van der Waals surface area contributed by atoms with Crippen molar-refractivity contribution < 1.29 is 0 Å². The Balaban J connectivity index is 1.47. The summed E-state index contributed by atoms with van der Waals surface area (Å²) in [7, 11) is 0. The van der Waals surface area contributed by atoms with E-state index in [0.717, 1.165) is 10.3 Å². The standard InChI is InChI=1S/3C7H11.Sn/c3*1-2-7-4-3-6(1)5-7;/h3*6H,1-5H2;. The molecule has 6 bridgehead atoms. The van der Waals surface area contributed by atoms with Crippen molar-refractivity contribution in [1.29, 1.82) is 0 Å². The van der Waals surface area contributed by atoms with Crippen LogP contribution >= 0.6 is 0 Å². The summed E-state index contributed by atoms with van der Waals surface area (Å²) >= 11 is -1.44. The van der Waals surface area contributed by atoms with Gasteiger partial charge in [0.25, 0.3) is 0 Å². The molecule has 0 aromatic heterocycles. The first-order chi connectivity index (χ1) is 10.7. The zero-order chi connectivity index (χ0) is 14.4. The second kappa shape index (κ2) is 4.50. The second-order valence-electron chi connectivity index (χ2n) is 10.7. The van der Waals surface area contributed by atoms with E-state index in [4.69, 9.17) is 0 Å². The maximum atomic E-state index is 1.75. The van der Waals surface area contributed by atoms with Gasteiger partial charge in [0.15, 0.2) is 0 Å². The molecule has 1 heteroatoms. The summed E-state index contributed by atoms with van der Waals surface area (Å²) in [6, 6.07) is 0. The quantitative estimate of drug-likeness (QED) is 0.472. The molecule has 0 spiro atoms. The van der Waals surface area contributed by atoms with Gasteiger partial charge in [0, 0.05) is 0 Å². The first-order valence-electron chi connectivity index (χ1n) is 10.6. The molecule has 6 saturated carbocycles. The zero-order valence-electron chi connectivity index (χ0n) is 14.3. The number of fused-ring (bicyclic) bond motifs is 6. The SMILES string of the molecule is C1C[C]2([Sn]([C]34CCC(CC3)C4)[C]34CCC(CC3)C4)CCC1C2. The molecular formula is C21H33Sn. The molecule has 6 aliphatic rings. The molecule has 0 heterocycles. The molecular weight excluding hydrogens is 371 g/mol. The molecule has 6 rings (SSSR count). The molecule has 0 N–H and O–H groups in total. The average molecular weight is 404 g/mol. The number of hydrogen-bond acceptors (Lipinski definition) is 0. The molecule has 0 aliphatic heterocycles. The molecule has 0 nitrogen and oxygen atoms in total. The average Bonchev–Trinajstić information content (AvgIpc) is 3.35. The number of rotatable bonds is 3. The summed E-state index contributed by atoms with van der Waals surface area (Å²) in [6.45, 7) is 0. The third-order valence-electron chi connectivity index (χ3n) is 9.82. The fourth-order valence-electron chi connectivity index (χ4n) is 9.32. The van der Waals surface area contributed by atoms with Crippen molar-refractivity contribution in [2.45, 2.75) is 107 Å². The van der Waals surface area contributed by atoms with Gasteiger partial charge in [-0.1, -0.05) is 0 Å². The Hall–Kier alpha value is 0.799. The van der Waals surface area contributed by atoms with Gasteiger partial charge in [0.1, 0.15) is 0 Å². The number of hydrogen-bond donors (Lipinski definition) is 0. The molecule has 0 atom stereocenters. The van der Waals surface area contributed by atoms with E-state index in [1.165, 1.54) is 17.8 Å². The summed E-state index contributed by atoms with van der Waals surface area (Å²) in [5, 5.41) is 0. The van der Waals surface area contributed by atoms with Gasteiger partial charge in [-0.3, -0.25) is 0 Å². The van der Waals surface area contributed by atoms with Gasteiger partial charge in [-0.25, -0.2) is 0 Å². The Morgan fingerprint density at radius 2 is 0.727 bits per heavy atom. The normalized spacial score (nSPS) is 58.5. The fourth-order valence-corrected chi connectivity index (χ4v) is 29.9. The Morgan fingerprint density at radius 3 is 0.909 bits per heavy atom. The van der Waals surface area contributed by atoms with Crippen LogP contribution in [-0.2, 0) is 0 Å². The fraction of sp³-hybridized carbons (Fsp3) is 1.00. The predicted molar refractivity (Wildman–Crippen MR) is 93.6 cm³/mol. The summed E-state index contributed by atoms with van der Waals surface area (Å²) in [5.41, 5.74) is 0. The Labute approximate surface area is 143 Å². The van der Waals surface area contributed by atoms with Crippen molar-refractivity contribution in [3.63, 3.8) is 0 Å². The first kappa shape index (κ1) is 14.0. The Kier molecular flexibility index (Phi) is 2.86. The molecule has 0 saturated heterocycles. The van der Waals surface area contributed by atoms with E-state index in [-0.39, 0.29) is 0 Å². The van der Waals surface area contributed by atoms with E-state index in [9.17, 15) is 0 Å². The van der Waals surface area contributed by atoms with E-state index in [1.54, 1.807) is 96.3 Å². The summed E-state index contributed by atoms with van der Waals surface area (Å²) in [6.07, 6.45) is 25.6. The van der Waals surface area contributed by atoms with Crippen LogP contribution in [0.15, 0.2) is 0 Å². The molecule has 0 unspecified atom stereocenters. The molecule has 1 radical (unpaired) electrons. The maximum absolute atomic E-state index is 1.75. The molecule has 0 amide bonds. The van der Waals surface area contributed by atoms with Crippen molar-refractivity contribution >= 4 is 19.8 Å². The van der Waals surface area contributed by atoms with Gasteiger partial charge in [-0.05, 0) is 0 Å². The third-order valence-corrected chi connectivity index (χ3v) is 24.9. The van der Waals surface area contributed by atoms with Gasteiger partial charge < -0.3 is 0 Å². The van der Waals surface area contributed by atoms with Gasteiger partial charge in [-0.2, -0.15) is 0 Å². The van der Waals surface area contributed by atoms with E-state index < -0.39 is 19.8 Å².